The fraction of sp³-hybridized carbons (Fsp3) is 0.333. The number of nitrogens with zero attached hydrogens (tertiary/aromatic N) is 2. The van der Waals surface area contributed by atoms with E-state index in [1.54, 1.807) is 7.11 Å². The molecule has 0 radical (unpaired) electrons. The van der Waals surface area contributed by atoms with Gasteiger partial charge in [0.05, 0.1) is 19.2 Å². The van der Waals surface area contributed by atoms with Crippen molar-refractivity contribution < 1.29 is 29.0 Å². The number of benzene rings is 1. The monoisotopic (exact) mass is 443 g/mol. The number of hydrogen-bond acceptors (Lipinski definition) is 7. The summed E-state index contributed by atoms with van der Waals surface area (Å²) in [7, 11) is 1.58. The minimum Gasteiger partial charge on any atom is -0.496 e. The first-order chi connectivity index (χ1) is 14.9. The first-order valence-electron chi connectivity index (χ1n) is 9.52. The molecule has 0 fully saturated rings. The molecule has 0 unspecified atom stereocenters. The third kappa shape index (κ3) is 5.32. The molecule has 2 amide bonds. The van der Waals surface area contributed by atoms with Crippen molar-refractivity contribution in [2.24, 2.45) is 0 Å². The van der Waals surface area contributed by atoms with E-state index >= 15 is 0 Å². The fourth-order valence-corrected chi connectivity index (χ4v) is 4.56. The summed E-state index contributed by atoms with van der Waals surface area (Å²) in [5, 5.41) is 21.5. The Kier molecular flexibility index (Phi) is 7.10. The van der Waals surface area contributed by atoms with Crippen molar-refractivity contribution >= 4 is 34.3 Å². The fourth-order valence-electron chi connectivity index (χ4n) is 3.33. The number of carbonyl (C=O) groups is 3. The van der Waals surface area contributed by atoms with Gasteiger partial charge < -0.3 is 24.8 Å². The van der Waals surface area contributed by atoms with Crippen LogP contribution in [0.15, 0.2) is 24.3 Å². The number of aliphatic carboxylic acids is 1. The zero-order chi connectivity index (χ0) is 22.4. The van der Waals surface area contributed by atoms with E-state index in [1.807, 2.05) is 24.3 Å². The molecule has 9 nitrogen and oxygen atoms in total. The number of hydrogen-bond donors (Lipinski definition) is 2. The number of carboxylic acids is 1. The van der Waals surface area contributed by atoms with E-state index < -0.39 is 18.7 Å². The van der Waals surface area contributed by atoms with Gasteiger partial charge in [-0.2, -0.15) is 5.26 Å². The number of fused-ring (bicyclic) bond motifs is 1. The first-order valence-corrected chi connectivity index (χ1v) is 10.3. The number of nitriles is 1. The molecule has 1 aromatic heterocycles. The SMILES string of the molecule is COc1ccccc1CCC(=O)Nc1sc2c(c1C#N)CCN(C(=O)OCC(=O)O)C2. The maximum atomic E-state index is 12.5. The quantitative estimate of drug-likeness (QED) is 0.673. The first kappa shape index (κ1) is 22.1. The molecule has 2 N–H and O–H groups in total. The number of carbonyl (C=O) groups excluding carboxylic acids is 2. The number of amides is 2. The van der Waals surface area contributed by atoms with Crippen LogP contribution in [-0.2, 0) is 33.7 Å². The maximum absolute atomic E-state index is 12.5. The number of thiophene rings is 1. The van der Waals surface area contributed by atoms with E-state index in [2.05, 4.69) is 11.4 Å². The Balaban J connectivity index is 1.65. The third-order valence-electron chi connectivity index (χ3n) is 4.81. The number of aryl methyl sites for hydroxylation is 1. The molecule has 162 valence electrons. The summed E-state index contributed by atoms with van der Waals surface area (Å²) in [5.74, 6) is -0.736. The van der Waals surface area contributed by atoms with Crippen LogP contribution in [0.3, 0.4) is 0 Å². The number of ether oxygens (including phenoxy) is 2. The molecule has 3 rings (SSSR count). The standard InChI is InChI=1S/C21H21N3O6S/c1-29-16-5-3-2-4-13(16)6-7-18(25)23-20-15(10-22)14-8-9-24(11-17(14)31-20)21(28)30-12-19(26)27/h2-5H,6-9,11-12H2,1H3,(H,23,25)(H,26,27). The molecule has 10 heteroatoms. The van der Waals surface area contributed by atoms with Crippen LogP contribution in [0.5, 0.6) is 5.75 Å². The molecule has 0 spiro atoms. The van der Waals surface area contributed by atoms with E-state index in [1.165, 1.54) is 16.2 Å². The van der Waals surface area contributed by atoms with Crippen LogP contribution in [0.2, 0.25) is 0 Å². The lowest BCUT2D eigenvalue weighted by molar-refractivity contribution is -0.140. The molecule has 1 aliphatic rings. The number of methoxy groups -OCH3 is 1. The second-order valence-corrected chi connectivity index (χ2v) is 7.90. The summed E-state index contributed by atoms with van der Waals surface area (Å²) in [6.45, 7) is -0.203. The van der Waals surface area contributed by atoms with Gasteiger partial charge in [0.15, 0.2) is 6.61 Å². The smallest absolute Gasteiger partial charge is 0.410 e. The predicted molar refractivity (Wildman–Crippen MR) is 112 cm³/mol. The minimum absolute atomic E-state index is 0.199. The summed E-state index contributed by atoms with van der Waals surface area (Å²) in [6.07, 6.45) is 0.420. The zero-order valence-electron chi connectivity index (χ0n) is 16.8. The normalized spacial score (nSPS) is 12.5. The van der Waals surface area contributed by atoms with Crippen molar-refractivity contribution in [3.63, 3.8) is 0 Å². The van der Waals surface area contributed by atoms with Gasteiger partial charge in [0.2, 0.25) is 5.91 Å². The van der Waals surface area contributed by atoms with Gasteiger partial charge in [0.1, 0.15) is 16.8 Å². The molecule has 0 bridgehead atoms. The molecule has 2 aromatic rings. The molecule has 0 atom stereocenters. The van der Waals surface area contributed by atoms with Gasteiger partial charge in [-0.25, -0.2) is 9.59 Å². The summed E-state index contributed by atoms with van der Waals surface area (Å²) < 4.78 is 10.0. The van der Waals surface area contributed by atoms with Crippen LogP contribution in [-0.4, -0.2) is 48.2 Å². The van der Waals surface area contributed by atoms with Gasteiger partial charge in [-0.05, 0) is 30.0 Å². The van der Waals surface area contributed by atoms with Gasteiger partial charge in [-0.3, -0.25) is 4.79 Å². The molecule has 0 saturated heterocycles. The van der Waals surface area contributed by atoms with Crippen molar-refractivity contribution in [2.75, 3.05) is 25.6 Å². The van der Waals surface area contributed by atoms with Crippen molar-refractivity contribution in [3.05, 3.63) is 45.8 Å². The van der Waals surface area contributed by atoms with Crippen molar-refractivity contribution in [1.29, 1.82) is 5.26 Å². The molecule has 1 aromatic carbocycles. The molecular weight excluding hydrogens is 422 g/mol. The summed E-state index contributed by atoms with van der Waals surface area (Å²) in [5.41, 5.74) is 2.13. The Morgan fingerprint density at radius 2 is 2.10 bits per heavy atom. The van der Waals surface area contributed by atoms with E-state index in [-0.39, 0.29) is 18.9 Å². The largest absolute Gasteiger partial charge is 0.496 e. The summed E-state index contributed by atoms with van der Waals surface area (Å²) in [4.78, 5) is 37.3. The lowest BCUT2D eigenvalue weighted by Gasteiger charge is -2.25. The zero-order valence-corrected chi connectivity index (χ0v) is 17.7. The number of para-hydroxylation sites is 1. The lowest BCUT2D eigenvalue weighted by atomic mass is 10.0. The van der Waals surface area contributed by atoms with Crippen LogP contribution in [0.1, 0.15) is 28.0 Å². The molecule has 1 aliphatic heterocycles. The predicted octanol–water partition coefficient (Wildman–Crippen LogP) is 2.78. The Morgan fingerprint density at radius 1 is 1.32 bits per heavy atom. The van der Waals surface area contributed by atoms with E-state index in [4.69, 9.17) is 14.6 Å². The number of nitrogens with one attached hydrogen (secondary N) is 1. The summed E-state index contributed by atoms with van der Waals surface area (Å²) in [6, 6.07) is 9.62. The highest BCUT2D eigenvalue weighted by atomic mass is 32.1. The number of rotatable bonds is 7. The number of anilines is 1. The van der Waals surface area contributed by atoms with Crippen LogP contribution >= 0.6 is 11.3 Å². The molecule has 31 heavy (non-hydrogen) atoms. The molecule has 0 saturated carbocycles. The average Bonchev–Trinajstić information content (AvgIpc) is 3.11. The van der Waals surface area contributed by atoms with Gasteiger partial charge in [-0.1, -0.05) is 18.2 Å². The molecule has 0 aliphatic carbocycles. The topological polar surface area (TPSA) is 129 Å². The van der Waals surface area contributed by atoms with Gasteiger partial charge in [-0.15, -0.1) is 11.3 Å². The van der Waals surface area contributed by atoms with Crippen molar-refractivity contribution in [1.82, 2.24) is 4.90 Å². The Labute approximate surface area is 182 Å². The third-order valence-corrected chi connectivity index (χ3v) is 5.95. The molecular formula is C21H21N3O6S. The van der Waals surface area contributed by atoms with Crippen LogP contribution < -0.4 is 10.1 Å². The second kappa shape index (κ2) is 9.95. The van der Waals surface area contributed by atoms with Gasteiger partial charge in [0.25, 0.3) is 0 Å². The molecule has 2 heterocycles. The Bertz CT molecular complexity index is 1040. The highest BCUT2D eigenvalue weighted by molar-refractivity contribution is 7.16. The van der Waals surface area contributed by atoms with Crippen LogP contribution in [0.25, 0.3) is 0 Å². The second-order valence-electron chi connectivity index (χ2n) is 6.80. The van der Waals surface area contributed by atoms with Gasteiger partial charge in [0, 0.05) is 17.8 Å². The average molecular weight is 443 g/mol. The van der Waals surface area contributed by atoms with E-state index in [0.717, 1.165) is 21.8 Å². The van der Waals surface area contributed by atoms with Gasteiger partial charge >= 0.3 is 12.1 Å². The summed E-state index contributed by atoms with van der Waals surface area (Å²) >= 11 is 1.24. The Morgan fingerprint density at radius 3 is 2.81 bits per heavy atom. The van der Waals surface area contributed by atoms with Crippen LogP contribution in [0.4, 0.5) is 9.80 Å². The van der Waals surface area contributed by atoms with Crippen molar-refractivity contribution in [2.45, 2.75) is 25.8 Å². The minimum atomic E-state index is -1.23. The highest BCUT2D eigenvalue weighted by Crippen LogP contribution is 2.37. The maximum Gasteiger partial charge on any atom is 0.410 e. The lowest BCUT2D eigenvalue weighted by Crippen LogP contribution is -2.36. The van der Waals surface area contributed by atoms with Crippen LogP contribution in [0, 0.1) is 11.3 Å². The van der Waals surface area contributed by atoms with Crippen molar-refractivity contribution in [3.8, 4) is 11.8 Å². The highest BCUT2D eigenvalue weighted by Gasteiger charge is 2.28. The van der Waals surface area contributed by atoms with E-state index in [0.29, 0.717) is 30.0 Å². The van der Waals surface area contributed by atoms with E-state index in [9.17, 15) is 19.6 Å². The Hall–Kier alpha value is -3.58. The number of carboxylic acid groups (broad SMARTS) is 1.